The van der Waals surface area contributed by atoms with Gasteiger partial charge in [0.1, 0.15) is 5.00 Å². The lowest BCUT2D eigenvalue weighted by molar-refractivity contribution is -0.127. The maximum Gasteiger partial charge on any atom is 0.341 e. The molecule has 28 heavy (non-hydrogen) atoms. The van der Waals surface area contributed by atoms with E-state index in [9.17, 15) is 14.4 Å². The highest BCUT2D eigenvalue weighted by Crippen LogP contribution is 2.34. The van der Waals surface area contributed by atoms with Gasteiger partial charge in [-0.05, 0) is 37.5 Å². The molecule has 10 heteroatoms. The van der Waals surface area contributed by atoms with E-state index in [0.717, 1.165) is 19.4 Å². The third kappa shape index (κ3) is 5.20. The van der Waals surface area contributed by atoms with Crippen molar-refractivity contribution in [2.75, 3.05) is 46.2 Å². The van der Waals surface area contributed by atoms with Gasteiger partial charge in [-0.25, -0.2) is 4.79 Å². The van der Waals surface area contributed by atoms with Crippen molar-refractivity contribution in [3.05, 3.63) is 16.0 Å². The quantitative estimate of drug-likeness (QED) is 0.391. The summed E-state index contributed by atoms with van der Waals surface area (Å²) in [4.78, 5) is 39.9. The Labute approximate surface area is 174 Å². The molecule has 8 nitrogen and oxygen atoms in total. The summed E-state index contributed by atoms with van der Waals surface area (Å²) >= 11 is 6.49. The first-order valence-corrected chi connectivity index (χ1v) is 10.2. The SMILES string of the molecule is COC(=O)c1c(NC(=S)NCCCN2CCCC2=O)sc(C(=O)N(C)C)c1C. The van der Waals surface area contributed by atoms with E-state index in [4.69, 9.17) is 17.0 Å². The molecule has 1 aliphatic rings. The first kappa shape index (κ1) is 22.1. The van der Waals surface area contributed by atoms with Crippen LogP contribution in [0.5, 0.6) is 0 Å². The molecule has 2 rings (SSSR count). The second-order valence-corrected chi connectivity index (χ2v) is 8.10. The number of esters is 1. The van der Waals surface area contributed by atoms with E-state index in [0.29, 0.717) is 45.6 Å². The number of likely N-dealkylation sites (tertiary alicyclic amines) is 1. The van der Waals surface area contributed by atoms with Crippen molar-refractivity contribution in [1.29, 1.82) is 0 Å². The van der Waals surface area contributed by atoms with Crippen LogP contribution in [0.1, 0.15) is 44.9 Å². The van der Waals surface area contributed by atoms with E-state index < -0.39 is 5.97 Å². The first-order chi connectivity index (χ1) is 13.3. The summed E-state index contributed by atoms with van der Waals surface area (Å²) in [7, 11) is 4.61. The van der Waals surface area contributed by atoms with Crippen molar-refractivity contribution in [1.82, 2.24) is 15.1 Å². The number of rotatable bonds is 7. The fraction of sp³-hybridized carbons (Fsp3) is 0.556. The summed E-state index contributed by atoms with van der Waals surface area (Å²) in [6.45, 7) is 3.83. The third-order valence-corrected chi connectivity index (χ3v) is 5.87. The fourth-order valence-electron chi connectivity index (χ4n) is 2.92. The molecule has 1 aliphatic heterocycles. The van der Waals surface area contributed by atoms with Crippen molar-refractivity contribution in [3.8, 4) is 0 Å². The fourth-order valence-corrected chi connectivity index (χ4v) is 4.41. The molecule has 1 fully saturated rings. The van der Waals surface area contributed by atoms with E-state index >= 15 is 0 Å². The van der Waals surface area contributed by atoms with Crippen LogP contribution in [0.3, 0.4) is 0 Å². The standard InChI is InChI=1S/C18H26N4O4S2/c1-11-13(17(25)26-4)15(28-14(11)16(24)21(2)3)20-18(27)19-8-6-10-22-9-5-7-12(22)23/h5-10H2,1-4H3,(H2,19,20,27). The van der Waals surface area contributed by atoms with Crippen LogP contribution in [-0.4, -0.2) is 73.5 Å². The molecule has 2 amide bonds. The van der Waals surface area contributed by atoms with E-state index in [1.807, 2.05) is 4.90 Å². The number of carbonyl (C=O) groups excluding carboxylic acids is 3. The Morgan fingerprint density at radius 3 is 2.64 bits per heavy atom. The van der Waals surface area contributed by atoms with Gasteiger partial charge in [0.2, 0.25) is 5.91 Å². The molecule has 0 spiro atoms. The van der Waals surface area contributed by atoms with Gasteiger partial charge in [-0.3, -0.25) is 9.59 Å². The number of methoxy groups -OCH3 is 1. The predicted molar refractivity (Wildman–Crippen MR) is 113 cm³/mol. The summed E-state index contributed by atoms with van der Waals surface area (Å²) in [5.41, 5.74) is 0.873. The Bertz CT molecular complexity index is 776. The van der Waals surface area contributed by atoms with Gasteiger partial charge in [-0.2, -0.15) is 0 Å². The number of amides is 2. The molecule has 0 unspecified atom stereocenters. The lowest BCUT2D eigenvalue weighted by Gasteiger charge is -2.16. The lowest BCUT2D eigenvalue weighted by Crippen LogP contribution is -2.33. The molecule has 0 aromatic carbocycles. The Kier molecular flexibility index (Phi) is 7.76. The highest BCUT2D eigenvalue weighted by molar-refractivity contribution is 7.80. The van der Waals surface area contributed by atoms with E-state index in [1.54, 1.807) is 21.0 Å². The topological polar surface area (TPSA) is 91.0 Å². The smallest absolute Gasteiger partial charge is 0.341 e. The van der Waals surface area contributed by atoms with Crippen LogP contribution < -0.4 is 10.6 Å². The summed E-state index contributed by atoms with van der Waals surface area (Å²) in [6, 6.07) is 0. The number of ether oxygens (including phenoxy) is 1. The molecule has 1 aromatic heterocycles. The largest absolute Gasteiger partial charge is 0.465 e. The molecule has 0 bridgehead atoms. The summed E-state index contributed by atoms with van der Waals surface area (Å²) in [6.07, 6.45) is 2.33. The maximum absolute atomic E-state index is 12.4. The zero-order valence-corrected chi connectivity index (χ0v) is 18.2. The highest BCUT2D eigenvalue weighted by Gasteiger charge is 2.26. The summed E-state index contributed by atoms with van der Waals surface area (Å²) in [5.74, 6) is -0.505. The number of anilines is 1. The van der Waals surface area contributed by atoms with Gasteiger partial charge in [-0.1, -0.05) is 0 Å². The van der Waals surface area contributed by atoms with Crippen molar-refractivity contribution in [3.63, 3.8) is 0 Å². The average molecular weight is 427 g/mol. The van der Waals surface area contributed by atoms with Gasteiger partial charge in [0, 0.05) is 40.2 Å². The zero-order chi connectivity index (χ0) is 20.8. The number of hydrogen-bond acceptors (Lipinski definition) is 6. The van der Waals surface area contributed by atoms with E-state index in [2.05, 4.69) is 10.6 Å². The molecule has 154 valence electrons. The van der Waals surface area contributed by atoms with E-state index in [-0.39, 0.29) is 11.8 Å². The molecule has 0 atom stereocenters. The predicted octanol–water partition coefficient (Wildman–Crippen LogP) is 1.84. The van der Waals surface area contributed by atoms with Gasteiger partial charge < -0.3 is 25.2 Å². The monoisotopic (exact) mass is 426 g/mol. The minimum atomic E-state index is -0.524. The van der Waals surface area contributed by atoms with Crippen LogP contribution >= 0.6 is 23.6 Å². The molecule has 1 saturated heterocycles. The number of nitrogens with one attached hydrogen (secondary N) is 2. The Morgan fingerprint density at radius 2 is 2.07 bits per heavy atom. The molecular formula is C18H26N4O4S2. The number of nitrogens with zero attached hydrogens (tertiary/aromatic N) is 2. The van der Waals surface area contributed by atoms with Gasteiger partial charge in [0.25, 0.3) is 5.91 Å². The maximum atomic E-state index is 12.4. The number of carbonyl (C=O) groups is 3. The normalized spacial score (nSPS) is 13.4. The van der Waals surface area contributed by atoms with Crippen molar-refractivity contribution in [2.45, 2.75) is 26.2 Å². The molecule has 2 N–H and O–H groups in total. The second-order valence-electron chi connectivity index (χ2n) is 6.67. The summed E-state index contributed by atoms with van der Waals surface area (Å²) in [5, 5.41) is 6.90. The van der Waals surface area contributed by atoms with Crippen LogP contribution in [0.4, 0.5) is 5.00 Å². The molecule has 1 aromatic rings. The number of hydrogen-bond donors (Lipinski definition) is 2. The molecule has 0 radical (unpaired) electrons. The Morgan fingerprint density at radius 1 is 1.36 bits per heavy atom. The van der Waals surface area contributed by atoms with Crippen molar-refractivity contribution in [2.24, 2.45) is 0 Å². The van der Waals surface area contributed by atoms with Crippen LogP contribution in [0.2, 0.25) is 0 Å². The lowest BCUT2D eigenvalue weighted by atomic mass is 10.1. The number of thiocarbonyl (C=S) groups is 1. The Balaban J connectivity index is 2.00. The van der Waals surface area contributed by atoms with Crippen molar-refractivity contribution < 1.29 is 19.1 Å². The van der Waals surface area contributed by atoms with Crippen LogP contribution in [-0.2, 0) is 9.53 Å². The first-order valence-electron chi connectivity index (χ1n) is 9.02. The van der Waals surface area contributed by atoms with Crippen molar-refractivity contribution >= 4 is 51.5 Å². The third-order valence-electron chi connectivity index (χ3n) is 4.43. The summed E-state index contributed by atoms with van der Waals surface area (Å²) < 4.78 is 4.86. The van der Waals surface area contributed by atoms with Crippen LogP contribution in [0, 0.1) is 6.92 Å². The highest BCUT2D eigenvalue weighted by atomic mass is 32.1. The van der Waals surface area contributed by atoms with Crippen LogP contribution in [0.25, 0.3) is 0 Å². The zero-order valence-electron chi connectivity index (χ0n) is 16.6. The minimum Gasteiger partial charge on any atom is -0.465 e. The molecular weight excluding hydrogens is 400 g/mol. The van der Waals surface area contributed by atoms with Crippen LogP contribution in [0.15, 0.2) is 0 Å². The van der Waals surface area contributed by atoms with E-state index in [1.165, 1.54) is 23.3 Å². The molecule has 0 aliphatic carbocycles. The van der Waals surface area contributed by atoms with Gasteiger partial charge in [-0.15, -0.1) is 11.3 Å². The molecule has 2 heterocycles. The average Bonchev–Trinajstić information content (AvgIpc) is 3.20. The number of thiophene rings is 1. The van der Waals surface area contributed by atoms with Gasteiger partial charge in [0.15, 0.2) is 5.11 Å². The van der Waals surface area contributed by atoms with Gasteiger partial charge in [0.05, 0.1) is 17.6 Å². The Hall–Kier alpha value is -2.20. The second kappa shape index (κ2) is 9.83. The minimum absolute atomic E-state index is 0.185. The van der Waals surface area contributed by atoms with Gasteiger partial charge >= 0.3 is 5.97 Å². The molecule has 0 saturated carbocycles.